The normalized spacial score (nSPS) is 19.4. The Labute approximate surface area is 269 Å². The van der Waals surface area contributed by atoms with Gasteiger partial charge in [0.15, 0.2) is 0 Å². The van der Waals surface area contributed by atoms with Crippen LogP contribution in [0.25, 0.3) is 12.2 Å². The Kier molecular flexibility index (Phi) is 11.1. The average molecular weight is 685 g/mol. The van der Waals surface area contributed by atoms with Crippen molar-refractivity contribution in [1.82, 2.24) is 9.80 Å². The maximum Gasteiger partial charge on any atom is 0.417 e. The van der Waals surface area contributed by atoms with Crippen LogP contribution in [0.3, 0.4) is 0 Å². The highest BCUT2D eigenvalue weighted by Crippen LogP contribution is 2.40. The molecule has 2 aliphatic heterocycles. The SMILES string of the molecule is O=C(O)C1CCCCN1C(=O)/C=C/c1ccc(Sc2ccc(/C=C/C(=O)N3CCCCC3C(=O)O)c(C(F)(F)F)c2)cc1C(F)(F)F. The third-order valence-corrected chi connectivity index (χ3v) is 8.83. The summed E-state index contributed by atoms with van der Waals surface area (Å²) in [7, 11) is 0. The molecule has 2 aromatic rings. The van der Waals surface area contributed by atoms with E-state index in [0.29, 0.717) is 37.4 Å². The van der Waals surface area contributed by atoms with E-state index in [0.717, 1.165) is 58.4 Å². The number of benzene rings is 2. The molecule has 47 heavy (non-hydrogen) atoms. The molecule has 0 spiro atoms. The second kappa shape index (κ2) is 14.7. The zero-order valence-corrected chi connectivity index (χ0v) is 25.5. The third-order valence-electron chi connectivity index (χ3n) is 7.85. The number of piperidine rings is 2. The molecule has 2 saturated heterocycles. The summed E-state index contributed by atoms with van der Waals surface area (Å²) < 4.78 is 84.0. The van der Waals surface area contributed by atoms with Crippen molar-refractivity contribution < 1.29 is 55.7 Å². The van der Waals surface area contributed by atoms with Crippen LogP contribution in [0.2, 0.25) is 0 Å². The number of likely N-dealkylation sites (tertiary alicyclic amines) is 2. The standard InChI is InChI=1S/C32H30F6N2O6S/c33-31(34,35)23-17-21(11-7-19(23)9-13-27(41)39-15-3-1-5-25(39)29(43)44)47-22-12-8-20(24(18-22)32(36,37)38)10-14-28(42)40-16-4-2-6-26(40)30(45)46/h7-14,17-18,25-26H,1-6,15-16H2,(H,43,44)(H,45,46)/b13-9+,14-10+. The van der Waals surface area contributed by atoms with E-state index < -0.39 is 59.3 Å². The smallest absolute Gasteiger partial charge is 0.417 e. The molecular weight excluding hydrogens is 654 g/mol. The van der Waals surface area contributed by atoms with E-state index >= 15 is 0 Å². The number of carbonyl (C=O) groups is 4. The molecule has 2 heterocycles. The molecule has 2 amide bonds. The fourth-order valence-corrected chi connectivity index (χ4v) is 6.43. The summed E-state index contributed by atoms with van der Waals surface area (Å²) in [5.74, 6) is -3.92. The van der Waals surface area contributed by atoms with E-state index in [1.54, 1.807) is 0 Å². The first kappa shape index (κ1) is 35.6. The fourth-order valence-electron chi connectivity index (χ4n) is 5.53. The van der Waals surface area contributed by atoms with Gasteiger partial charge in [-0.05, 0) is 86.1 Å². The van der Waals surface area contributed by atoms with Gasteiger partial charge < -0.3 is 20.0 Å². The summed E-state index contributed by atoms with van der Waals surface area (Å²) in [6.07, 6.45) is -3.41. The monoisotopic (exact) mass is 684 g/mol. The number of hydrogen-bond acceptors (Lipinski definition) is 5. The summed E-state index contributed by atoms with van der Waals surface area (Å²) in [5.41, 5.74) is -3.07. The molecule has 2 fully saturated rings. The minimum absolute atomic E-state index is 0.0424. The van der Waals surface area contributed by atoms with Gasteiger partial charge in [-0.1, -0.05) is 23.9 Å². The lowest BCUT2D eigenvalue weighted by molar-refractivity contribution is -0.150. The van der Waals surface area contributed by atoms with E-state index in [9.17, 15) is 55.7 Å². The molecule has 4 rings (SSSR count). The second-order valence-electron chi connectivity index (χ2n) is 11.0. The van der Waals surface area contributed by atoms with E-state index in [-0.39, 0.29) is 46.8 Å². The van der Waals surface area contributed by atoms with Crippen LogP contribution in [0, 0.1) is 0 Å². The van der Waals surface area contributed by atoms with Crippen LogP contribution in [0.5, 0.6) is 0 Å². The van der Waals surface area contributed by atoms with Crippen LogP contribution in [0.4, 0.5) is 26.3 Å². The quantitative estimate of drug-likeness (QED) is 0.231. The van der Waals surface area contributed by atoms with Gasteiger partial charge in [-0.15, -0.1) is 0 Å². The van der Waals surface area contributed by atoms with Crippen LogP contribution in [-0.2, 0) is 31.5 Å². The number of hydrogen-bond donors (Lipinski definition) is 2. The van der Waals surface area contributed by atoms with E-state index in [4.69, 9.17) is 0 Å². The molecule has 0 aromatic heterocycles. The topological polar surface area (TPSA) is 115 Å². The number of rotatable bonds is 8. The van der Waals surface area contributed by atoms with Gasteiger partial charge in [0, 0.05) is 35.0 Å². The molecule has 2 aromatic carbocycles. The van der Waals surface area contributed by atoms with Crippen molar-refractivity contribution in [2.45, 2.75) is 72.8 Å². The lowest BCUT2D eigenvalue weighted by Crippen LogP contribution is -2.47. The van der Waals surface area contributed by atoms with Gasteiger partial charge in [0.05, 0.1) is 11.1 Å². The largest absolute Gasteiger partial charge is 0.480 e. The molecule has 15 heteroatoms. The van der Waals surface area contributed by atoms with Crippen molar-refractivity contribution in [3.63, 3.8) is 0 Å². The van der Waals surface area contributed by atoms with E-state index in [2.05, 4.69) is 0 Å². The number of halogens is 6. The van der Waals surface area contributed by atoms with Crippen LogP contribution >= 0.6 is 11.8 Å². The van der Waals surface area contributed by atoms with Gasteiger partial charge >= 0.3 is 24.3 Å². The highest BCUT2D eigenvalue weighted by molar-refractivity contribution is 7.99. The number of aliphatic carboxylic acids is 2. The number of carboxylic acids is 2. The first-order valence-corrected chi connectivity index (χ1v) is 15.4. The molecule has 0 aliphatic carbocycles. The van der Waals surface area contributed by atoms with Gasteiger partial charge in [-0.3, -0.25) is 9.59 Å². The van der Waals surface area contributed by atoms with Crippen molar-refractivity contribution >= 4 is 47.7 Å². The Morgan fingerprint density at radius 2 is 1.04 bits per heavy atom. The Bertz CT molecular complexity index is 1470. The lowest BCUT2D eigenvalue weighted by Gasteiger charge is -2.32. The highest BCUT2D eigenvalue weighted by Gasteiger charge is 2.36. The highest BCUT2D eigenvalue weighted by atomic mass is 32.2. The third kappa shape index (κ3) is 8.96. The summed E-state index contributed by atoms with van der Waals surface area (Å²) in [6.45, 7) is 0.298. The van der Waals surface area contributed by atoms with Crippen molar-refractivity contribution in [1.29, 1.82) is 0 Å². The molecule has 0 bridgehead atoms. The summed E-state index contributed by atoms with van der Waals surface area (Å²) >= 11 is 0.638. The Morgan fingerprint density at radius 1 is 0.660 bits per heavy atom. The number of amides is 2. The van der Waals surface area contributed by atoms with Crippen molar-refractivity contribution in [3.8, 4) is 0 Å². The molecule has 0 radical (unpaired) electrons. The van der Waals surface area contributed by atoms with E-state index in [1.165, 1.54) is 12.1 Å². The first-order chi connectivity index (χ1) is 22.1. The Hall–Kier alpha value is -4.27. The summed E-state index contributed by atoms with van der Waals surface area (Å²) in [4.78, 5) is 50.4. The summed E-state index contributed by atoms with van der Waals surface area (Å²) in [5, 5.41) is 18.8. The average Bonchev–Trinajstić information content (AvgIpc) is 3.02. The van der Waals surface area contributed by atoms with Crippen LogP contribution < -0.4 is 0 Å². The number of nitrogens with zero attached hydrogens (tertiary/aromatic N) is 2. The predicted octanol–water partition coefficient (Wildman–Crippen LogP) is 6.83. The van der Waals surface area contributed by atoms with Crippen LogP contribution in [0.15, 0.2) is 58.3 Å². The molecule has 2 aliphatic rings. The summed E-state index contributed by atoms with van der Waals surface area (Å²) in [6, 6.07) is 3.97. The zero-order chi connectivity index (χ0) is 34.5. The minimum atomic E-state index is -4.89. The first-order valence-electron chi connectivity index (χ1n) is 14.6. The van der Waals surface area contributed by atoms with Gasteiger partial charge in [-0.2, -0.15) is 26.3 Å². The molecule has 252 valence electrons. The molecular formula is C32H30F6N2O6S. The fraction of sp³-hybridized carbons (Fsp3) is 0.375. The molecule has 8 nitrogen and oxygen atoms in total. The van der Waals surface area contributed by atoms with E-state index in [1.807, 2.05) is 0 Å². The number of carbonyl (C=O) groups excluding carboxylic acids is 2. The molecule has 2 N–H and O–H groups in total. The van der Waals surface area contributed by atoms with Gasteiger partial charge in [-0.25, -0.2) is 9.59 Å². The van der Waals surface area contributed by atoms with Gasteiger partial charge in [0.25, 0.3) is 0 Å². The van der Waals surface area contributed by atoms with Crippen molar-refractivity contribution in [2.75, 3.05) is 13.1 Å². The molecule has 0 saturated carbocycles. The molecule has 2 unspecified atom stereocenters. The van der Waals surface area contributed by atoms with Crippen molar-refractivity contribution in [3.05, 3.63) is 70.8 Å². The van der Waals surface area contributed by atoms with Crippen LogP contribution in [0.1, 0.15) is 60.8 Å². The van der Waals surface area contributed by atoms with Gasteiger partial charge in [0.1, 0.15) is 12.1 Å². The zero-order valence-electron chi connectivity index (χ0n) is 24.7. The molecule has 2 atom stereocenters. The number of carboxylic acid groups (broad SMARTS) is 2. The minimum Gasteiger partial charge on any atom is -0.480 e. The second-order valence-corrected chi connectivity index (χ2v) is 12.2. The van der Waals surface area contributed by atoms with Gasteiger partial charge in [0.2, 0.25) is 11.8 Å². The Morgan fingerprint density at radius 3 is 1.38 bits per heavy atom. The van der Waals surface area contributed by atoms with Crippen LogP contribution in [-0.4, -0.2) is 68.9 Å². The maximum absolute atomic E-state index is 14.0. The van der Waals surface area contributed by atoms with Crippen molar-refractivity contribution in [2.24, 2.45) is 0 Å². The number of alkyl halides is 6. The maximum atomic E-state index is 14.0. The predicted molar refractivity (Wildman–Crippen MR) is 159 cm³/mol. The Balaban J connectivity index is 1.56. The lowest BCUT2D eigenvalue weighted by atomic mass is 10.0.